The van der Waals surface area contributed by atoms with Gasteiger partial charge >= 0.3 is 10.1 Å². The fourth-order valence-electron chi connectivity index (χ4n) is 3.43. The van der Waals surface area contributed by atoms with Gasteiger partial charge in [0.05, 0.1) is 0 Å². The Morgan fingerprint density at radius 3 is 2.21 bits per heavy atom. The smallest absolute Gasteiger partial charge is 0.339 e. The lowest BCUT2D eigenvalue weighted by atomic mass is 10.1. The van der Waals surface area contributed by atoms with E-state index in [9.17, 15) is 18.0 Å². The summed E-state index contributed by atoms with van der Waals surface area (Å²) in [5.74, 6) is -0.178. The fraction of sp³-hybridized carbons (Fsp3) is 0.231. The number of aryl methyl sites for hydroxylation is 3. The largest absolute Gasteiger partial charge is 0.379 e. The number of nitrogens with one attached hydrogen (secondary N) is 2. The van der Waals surface area contributed by atoms with Crippen molar-refractivity contribution in [2.45, 2.75) is 38.5 Å². The third-order valence-electron chi connectivity index (χ3n) is 5.64. The molecule has 2 amide bonds. The molecule has 0 spiro atoms. The van der Waals surface area contributed by atoms with Crippen LogP contribution in [0, 0.1) is 26.7 Å². The van der Waals surface area contributed by atoms with Gasteiger partial charge in [-0.3, -0.25) is 9.59 Å². The highest BCUT2D eigenvalue weighted by atomic mass is 32.2. The van der Waals surface area contributed by atoms with Gasteiger partial charge in [-0.15, -0.1) is 0 Å². The molecule has 0 aliphatic heterocycles. The molecule has 8 heteroatoms. The van der Waals surface area contributed by atoms with Crippen molar-refractivity contribution in [3.63, 3.8) is 0 Å². The zero-order valence-corrected chi connectivity index (χ0v) is 20.0. The predicted octanol–water partition coefficient (Wildman–Crippen LogP) is 4.98. The molecule has 34 heavy (non-hydrogen) atoms. The lowest BCUT2D eigenvalue weighted by Crippen LogP contribution is -2.15. The summed E-state index contributed by atoms with van der Waals surface area (Å²) in [6.45, 7) is 5.37. The maximum Gasteiger partial charge on any atom is 0.339 e. The van der Waals surface area contributed by atoms with Crippen molar-refractivity contribution in [3.8, 4) is 5.75 Å². The second-order valence-corrected chi connectivity index (χ2v) is 10.1. The number of hydrogen-bond donors (Lipinski definition) is 2. The van der Waals surface area contributed by atoms with E-state index < -0.39 is 10.1 Å². The Balaban J connectivity index is 1.45. The number of carbonyl (C=O) groups is 2. The molecule has 1 aliphatic rings. The first-order valence-corrected chi connectivity index (χ1v) is 12.4. The van der Waals surface area contributed by atoms with Crippen molar-refractivity contribution >= 4 is 33.3 Å². The summed E-state index contributed by atoms with van der Waals surface area (Å²) in [4.78, 5) is 24.9. The molecule has 3 aromatic rings. The molecule has 0 unspecified atom stereocenters. The van der Waals surface area contributed by atoms with Crippen molar-refractivity contribution in [1.82, 2.24) is 0 Å². The van der Waals surface area contributed by atoms with Gasteiger partial charge in [0.25, 0.3) is 5.91 Å². The molecule has 176 valence electrons. The Labute approximate surface area is 199 Å². The summed E-state index contributed by atoms with van der Waals surface area (Å²) in [5, 5.41) is 5.71. The number of rotatable bonds is 7. The van der Waals surface area contributed by atoms with Gasteiger partial charge in [-0.2, -0.15) is 8.42 Å². The van der Waals surface area contributed by atoms with Crippen LogP contribution in [0.15, 0.2) is 65.6 Å². The quantitative estimate of drug-likeness (QED) is 0.467. The highest BCUT2D eigenvalue weighted by molar-refractivity contribution is 7.87. The Hall–Kier alpha value is -3.65. The monoisotopic (exact) mass is 478 g/mol. The van der Waals surface area contributed by atoms with Crippen molar-refractivity contribution in [1.29, 1.82) is 0 Å². The van der Waals surface area contributed by atoms with E-state index >= 15 is 0 Å². The van der Waals surface area contributed by atoms with E-state index in [2.05, 4.69) is 10.6 Å². The zero-order valence-electron chi connectivity index (χ0n) is 19.2. The van der Waals surface area contributed by atoms with Crippen molar-refractivity contribution in [2.75, 3.05) is 10.6 Å². The maximum absolute atomic E-state index is 12.8. The SMILES string of the molecule is Cc1ccc(C)c(S(=O)(=O)Oc2ccc(C(=O)Nc3cc(NC(=O)C4CC4)ccc3C)cc2)c1. The molecule has 1 saturated carbocycles. The van der Waals surface area contributed by atoms with Gasteiger partial charge in [-0.1, -0.05) is 18.2 Å². The van der Waals surface area contributed by atoms with E-state index in [1.165, 1.54) is 24.3 Å². The van der Waals surface area contributed by atoms with E-state index in [1.807, 2.05) is 26.0 Å². The zero-order chi connectivity index (χ0) is 24.5. The van der Waals surface area contributed by atoms with Crippen LogP contribution < -0.4 is 14.8 Å². The first kappa shape index (κ1) is 23.5. The van der Waals surface area contributed by atoms with E-state index in [1.54, 1.807) is 31.2 Å². The van der Waals surface area contributed by atoms with Crippen LogP contribution in [0.2, 0.25) is 0 Å². The average Bonchev–Trinajstić information content (AvgIpc) is 3.63. The van der Waals surface area contributed by atoms with E-state index in [-0.39, 0.29) is 28.4 Å². The maximum atomic E-state index is 12.8. The number of carbonyl (C=O) groups excluding carboxylic acids is 2. The van der Waals surface area contributed by atoms with Gasteiger partial charge in [0.1, 0.15) is 10.6 Å². The number of benzene rings is 3. The Morgan fingerprint density at radius 2 is 1.53 bits per heavy atom. The van der Waals surface area contributed by atoms with Gasteiger partial charge in [-0.25, -0.2) is 0 Å². The van der Waals surface area contributed by atoms with Crippen molar-refractivity contribution < 1.29 is 22.2 Å². The Kier molecular flexibility index (Phi) is 6.43. The predicted molar refractivity (Wildman–Crippen MR) is 131 cm³/mol. The van der Waals surface area contributed by atoms with Gasteiger partial charge in [-0.05, 0) is 92.8 Å². The topological polar surface area (TPSA) is 102 Å². The van der Waals surface area contributed by atoms with Gasteiger partial charge in [0.15, 0.2) is 0 Å². The third-order valence-corrected chi connectivity index (χ3v) is 7.03. The van der Waals surface area contributed by atoms with E-state index in [4.69, 9.17) is 4.18 Å². The molecule has 0 bridgehead atoms. The first-order chi connectivity index (χ1) is 16.1. The van der Waals surface area contributed by atoms with Crippen LogP contribution in [0.3, 0.4) is 0 Å². The minimum Gasteiger partial charge on any atom is -0.379 e. The first-order valence-electron chi connectivity index (χ1n) is 11.0. The normalized spacial score (nSPS) is 13.3. The summed E-state index contributed by atoms with van der Waals surface area (Å²) in [5.41, 5.74) is 3.79. The molecule has 7 nitrogen and oxygen atoms in total. The second kappa shape index (κ2) is 9.30. The average molecular weight is 479 g/mol. The molecule has 1 fully saturated rings. The van der Waals surface area contributed by atoms with Gasteiger partial charge in [0, 0.05) is 22.9 Å². The summed E-state index contributed by atoms with van der Waals surface area (Å²) >= 11 is 0. The van der Waals surface area contributed by atoms with Crippen LogP contribution in [-0.2, 0) is 14.9 Å². The minimum absolute atomic E-state index is 0.00692. The number of anilines is 2. The molecule has 0 aromatic heterocycles. The molecule has 0 atom stereocenters. The van der Waals surface area contributed by atoms with Crippen molar-refractivity contribution in [3.05, 3.63) is 82.9 Å². The molecule has 4 rings (SSSR count). The number of amides is 2. The molecule has 3 aromatic carbocycles. The Bertz CT molecular complexity index is 1360. The third kappa shape index (κ3) is 5.46. The minimum atomic E-state index is -4.01. The summed E-state index contributed by atoms with van der Waals surface area (Å²) in [6, 6.07) is 16.4. The van der Waals surface area contributed by atoms with Crippen LogP contribution >= 0.6 is 0 Å². The Morgan fingerprint density at radius 1 is 0.853 bits per heavy atom. The van der Waals surface area contributed by atoms with Crippen LogP contribution in [0.5, 0.6) is 5.75 Å². The van der Waals surface area contributed by atoms with E-state index in [0.717, 1.165) is 24.0 Å². The summed E-state index contributed by atoms with van der Waals surface area (Å²) in [7, 11) is -4.01. The summed E-state index contributed by atoms with van der Waals surface area (Å²) < 4.78 is 30.7. The lowest BCUT2D eigenvalue weighted by molar-refractivity contribution is -0.117. The molecule has 1 aliphatic carbocycles. The number of hydrogen-bond acceptors (Lipinski definition) is 5. The van der Waals surface area contributed by atoms with Crippen LogP contribution in [0.4, 0.5) is 11.4 Å². The van der Waals surface area contributed by atoms with E-state index in [0.29, 0.717) is 22.5 Å². The van der Waals surface area contributed by atoms with Crippen LogP contribution in [0.25, 0.3) is 0 Å². The highest BCUT2D eigenvalue weighted by Crippen LogP contribution is 2.31. The molecule has 0 radical (unpaired) electrons. The standard InChI is InChI=1S/C26H26N2O5S/c1-16-4-5-18(3)24(14-16)34(31,32)33-22-12-9-20(10-13-22)26(30)28-23-15-21(11-6-17(23)2)27-25(29)19-7-8-19/h4-6,9-15,19H,7-8H2,1-3H3,(H,27,29)(H,28,30). The second-order valence-electron chi connectivity index (χ2n) is 8.58. The molecular formula is C26H26N2O5S. The molecule has 0 heterocycles. The van der Waals surface area contributed by atoms with Crippen LogP contribution in [-0.4, -0.2) is 20.2 Å². The molecular weight excluding hydrogens is 452 g/mol. The fourth-order valence-corrected chi connectivity index (χ4v) is 4.68. The van der Waals surface area contributed by atoms with Crippen molar-refractivity contribution in [2.24, 2.45) is 5.92 Å². The molecule has 2 N–H and O–H groups in total. The lowest BCUT2D eigenvalue weighted by Gasteiger charge is -2.12. The van der Waals surface area contributed by atoms with Gasteiger partial charge < -0.3 is 14.8 Å². The molecule has 0 saturated heterocycles. The van der Waals surface area contributed by atoms with Crippen LogP contribution in [0.1, 0.15) is 39.9 Å². The highest BCUT2D eigenvalue weighted by Gasteiger charge is 2.29. The summed E-state index contributed by atoms with van der Waals surface area (Å²) in [6.07, 6.45) is 1.82. The van der Waals surface area contributed by atoms with Gasteiger partial charge in [0.2, 0.25) is 5.91 Å².